The number of rotatable bonds is 2. The highest BCUT2D eigenvalue weighted by atomic mass is 19.2. The topological polar surface area (TPSA) is 69.6 Å². The van der Waals surface area contributed by atoms with Gasteiger partial charge in [-0.15, -0.1) is 5.10 Å². The minimum atomic E-state index is -0.960. The third kappa shape index (κ3) is 1.68. The van der Waals surface area contributed by atoms with E-state index < -0.39 is 11.6 Å². The monoisotopic (exact) mass is 211 g/mol. The minimum absolute atomic E-state index is 0.0758. The van der Waals surface area contributed by atoms with Gasteiger partial charge in [0.15, 0.2) is 11.6 Å². The highest BCUT2D eigenvalue weighted by molar-refractivity contribution is 5.40. The summed E-state index contributed by atoms with van der Waals surface area (Å²) >= 11 is 0. The molecule has 1 heterocycles. The van der Waals surface area contributed by atoms with Crippen molar-refractivity contribution >= 4 is 0 Å². The van der Waals surface area contributed by atoms with E-state index in [2.05, 4.69) is 15.5 Å². The highest BCUT2D eigenvalue weighted by Crippen LogP contribution is 2.17. The van der Waals surface area contributed by atoms with Crippen molar-refractivity contribution in [3.8, 4) is 5.69 Å². The molecule has 0 unspecified atom stereocenters. The molecule has 0 bridgehead atoms. The summed E-state index contributed by atoms with van der Waals surface area (Å²) in [5, 5.41) is 10.4. The lowest BCUT2D eigenvalue weighted by Crippen LogP contribution is -2.07. The van der Waals surface area contributed by atoms with Crippen molar-refractivity contribution in [2.24, 2.45) is 5.73 Å². The van der Waals surface area contributed by atoms with Crippen LogP contribution >= 0.6 is 0 Å². The van der Waals surface area contributed by atoms with Gasteiger partial charge in [-0.05, 0) is 22.1 Å². The Morgan fingerprint density at radius 3 is 2.60 bits per heavy atom. The molecule has 0 atom stereocenters. The summed E-state index contributed by atoms with van der Waals surface area (Å²) in [5.41, 5.74) is 6.17. The predicted octanol–water partition coefficient (Wildman–Crippen LogP) is 0.399. The Kier molecular flexibility index (Phi) is 2.38. The van der Waals surface area contributed by atoms with E-state index >= 15 is 0 Å². The number of tetrazole rings is 1. The van der Waals surface area contributed by atoms with Crippen LogP contribution in [0, 0.1) is 11.6 Å². The summed E-state index contributed by atoms with van der Waals surface area (Å²) in [7, 11) is 0. The van der Waals surface area contributed by atoms with E-state index in [0.717, 1.165) is 12.1 Å². The Balaban J connectivity index is 2.60. The third-order valence-electron chi connectivity index (χ3n) is 1.94. The van der Waals surface area contributed by atoms with Gasteiger partial charge < -0.3 is 5.73 Å². The molecule has 0 aliphatic rings. The van der Waals surface area contributed by atoms with E-state index in [4.69, 9.17) is 5.73 Å². The van der Waals surface area contributed by atoms with Crippen LogP contribution < -0.4 is 5.73 Å². The van der Waals surface area contributed by atoms with Crippen molar-refractivity contribution in [2.45, 2.75) is 6.54 Å². The highest BCUT2D eigenvalue weighted by Gasteiger charge is 2.10. The average Bonchev–Trinajstić information content (AvgIpc) is 2.74. The SMILES string of the molecule is NCc1cc(F)c(F)cc1-n1cnnn1. The fourth-order valence-electron chi connectivity index (χ4n) is 1.23. The quantitative estimate of drug-likeness (QED) is 0.780. The van der Waals surface area contributed by atoms with E-state index in [1.165, 1.54) is 11.0 Å². The smallest absolute Gasteiger partial charge is 0.160 e. The van der Waals surface area contributed by atoms with Gasteiger partial charge in [-0.2, -0.15) is 0 Å². The predicted molar refractivity (Wildman–Crippen MR) is 47.0 cm³/mol. The second-order valence-electron chi connectivity index (χ2n) is 2.85. The number of nitrogens with two attached hydrogens (primary N) is 1. The second-order valence-corrected chi connectivity index (χ2v) is 2.85. The maximum absolute atomic E-state index is 13.0. The Hall–Kier alpha value is -1.89. The lowest BCUT2D eigenvalue weighted by Gasteiger charge is -2.06. The summed E-state index contributed by atoms with van der Waals surface area (Å²) in [4.78, 5) is 0. The Labute approximate surface area is 83.5 Å². The van der Waals surface area contributed by atoms with Gasteiger partial charge >= 0.3 is 0 Å². The molecule has 0 saturated heterocycles. The van der Waals surface area contributed by atoms with Gasteiger partial charge in [0.2, 0.25) is 0 Å². The molecule has 15 heavy (non-hydrogen) atoms. The first-order valence-electron chi connectivity index (χ1n) is 4.13. The van der Waals surface area contributed by atoms with Crippen LogP contribution in [0.5, 0.6) is 0 Å². The van der Waals surface area contributed by atoms with Crippen LogP contribution in [0.2, 0.25) is 0 Å². The number of aromatic nitrogens is 4. The molecule has 7 heteroatoms. The number of hydrogen-bond acceptors (Lipinski definition) is 4. The molecule has 2 aromatic rings. The molecular formula is C8H7F2N5. The van der Waals surface area contributed by atoms with Crippen LogP contribution in [-0.2, 0) is 6.54 Å². The zero-order valence-electron chi connectivity index (χ0n) is 7.56. The molecule has 2 rings (SSSR count). The van der Waals surface area contributed by atoms with Gasteiger partial charge in [-0.3, -0.25) is 0 Å². The zero-order valence-corrected chi connectivity index (χ0v) is 7.56. The molecule has 0 fully saturated rings. The summed E-state index contributed by atoms with van der Waals surface area (Å²) in [5.74, 6) is -1.90. The standard InChI is InChI=1S/C8H7F2N5/c9-6-1-5(3-11)8(2-7(6)10)15-4-12-13-14-15/h1-2,4H,3,11H2. The molecular weight excluding hydrogens is 204 g/mol. The van der Waals surface area contributed by atoms with E-state index in [-0.39, 0.29) is 6.54 Å². The molecule has 1 aromatic carbocycles. The molecule has 1 aromatic heterocycles. The average molecular weight is 211 g/mol. The molecule has 2 N–H and O–H groups in total. The first kappa shape index (κ1) is 9.66. The molecule has 0 radical (unpaired) electrons. The lowest BCUT2D eigenvalue weighted by molar-refractivity contribution is 0.505. The number of benzene rings is 1. The number of hydrogen-bond donors (Lipinski definition) is 1. The Morgan fingerprint density at radius 2 is 2.00 bits per heavy atom. The van der Waals surface area contributed by atoms with E-state index in [1.54, 1.807) is 0 Å². The Morgan fingerprint density at radius 1 is 1.27 bits per heavy atom. The van der Waals surface area contributed by atoms with E-state index in [0.29, 0.717) is 11.3 Å². The maximum Gasteiger partial charge on any atom is 0.160 e. The fraction of sp³-hybridized carbons (Fsp3) is 0.125. The molecule has 78 valence electrons. The van der Waals surface area contributed by atoms with Crippen LogP contribution in [0.3, 0.4) is 0 Å². The van der Waals surface area contributed by atoms with Gasteiger partial charge in [-0.1, -0.05) is 0 Å². The molecule has 0 amide bonds. The lowest BCUT2D eigenvalue weighted by atomic mass is 10.1. The molecule has 0 aliphatic heterocycles. The first-order valence-corrected chi connectivity index (χ1v) is 4.13. The molecule has 0 saturated carbocycles. The van der Waals surface area contributed by atoms with Gasteiger partial charge in [0.05, 0.1) is 5.69 Å². The van der Waals surface area contributed by atoms with Crippen molar-refractivity contribution in [3.05, 3.63) is 35.7 Å². The first-order chi connectivity index (χ1) is 7.22. The van der Waals surface area contributed by atoms with Gasteiger partial charge in [0, 0.05) is 12.6 Å². The fourth-order valence-corrected chi connectivity index (χ4v) is 1.23. The van der Waals surface area contributed by atoms with Gasteiger partial charge in [0.25, 0.3) is 0 Å². The molecule has 5 nitrogen and oxygen atoms in total. The van der Waals surface area contributed by atoms with Crippen LogP contribution in [0.4, 0.5) is 8.78 Å². The van der Waals surface area contributed by atoms with Gasteiger partial charge in [0.1, 0.15) is 6.33 Å². The summed E-state index contributed by atoms with van der Waals surface area (Å²) < 4.78 is 27.1. The van der Waals surface area contributed by atoms with Crippen molar-refractivity contribution in [1.82, 2.24) is 20.2 Å². The summed E-state index contributed by atoms with van der Waals surface area (Å²) in [6.45, 7) is 0.0758. The summed E-state index contributed by atoms with van der Waals surface area (Å²) in [6.07, 6.45) is 1.28. The van der Waals surface area contributed by atoms with Crippen LogP contribution in [0.15, 0.2) is 18.5 Å². The van der Waals surface area contributed by atoms with Crippen molar-refractivity contribution in [1.29, 1.82) is 0 Å². The second kappa shape index (κ2) is 3.70. The normalized spacial score (nSPS) is 10.6. The molecule has 0 spiro atoms. The van der Waals surface area contributed by atoms with Crippen LogP contribution in [0.1, 0.15) is 5.56 Å². The summed E-state index contributed by atoms with van der Waals surface area (Å²) in [6, 6.07) is 2.04. The molecule has 0 aliphatic carbocycles. The Bertz CT molecular complexity index is 468. The zero-order chi connectivity index (χ0) is 10.8. The van der Waals surface area contributed by atoms with Crippen molar-refractivity contribution < 1.29 is 8.78 Å². The van der Waals surface area contributed by atoms with E-state index in [1.807, 2.05) is 0 Å². The van der Waals surface area contributed by atoms with Crippen LogP contribution in [-0.4, -0.2) is 20.2 Å². The maximum atomic E-state index is 13.0. The number of nitrogens with zero attached hydrogens (tertiary/aromatic N) is 4. The third-order valence-corrected chi connectivity index (χ3v) is 1.94. The van der Waals surface area contributed by atoms with Gasteiger partial charge in [-0.25, -0.2) is 13.5 Å². The van der Waals surface area contributed by atoms with Crippen molar-refractivity contribution in [3.63, 3.8) is 0 Å². The van der Waals surface area contributed by atoms with E-state index in [9.17, 15) is 8.78 Å². The number of halogens is 2. The van der Waals surface area contributed by atoms with Crippen molar-refractivity contribution in [2.75, 3.05) is 0 Å². The largest absolute Gasteiger partial charge is 0.326 e. The van der Waals surface area contributed by atoms with Crippen LogP contribution in [0.25, 0.3) is 5.69 Å². The minimum Gasteiger partial charge on any atom is -0.326 e.